The first-order chi connectivity index (χ1) is 8.01. The molecule has 1 aliphatic carbocycles. The summed E-state index contributed by atoms with van der Waals surface area (Å²) in [6.45, 7) is 4.66. The molecule has 0 spiro atoms. The summed E-state index contributed by atoms with van der Waals surface area (Å²) in [5.74, 6) is 0.488. The standard InChI is InChI=1S/C13H20ClNOS/c1-12(2)4-6-13(16-3,7-5-12)11-15-10(8-14)9-17-11/h9H,4-8H2,1-3H3. The lowest BCUT2D eigenvalue weighted by molar-refractivity contribution is -0.0668. The Labute approximate surface area is 112 Å². The fraction of sp³-hybridized carbons (Fsp3) is 0.769. The molecular formula is C13H20ClNOS. The monoisotopic (exact) mass is 273 g/mol. The SMILES string of the molecule is COC1(c2nc(CCl)cs2)CCC(C)(C)CC1. The summed E-state index contributed by atoms with van der Waals surface area (Å²) in [4.78, 5) is 4.60. The van der Waals surface area contributed by atoms with Crippen molar-refractivity contribution in [1.29, 1.82) is 0 Å². The van der Waals surface area contributed by atoms with Gasteiger partial charge in [0.25, 0.3) is 0 Å². The Balaban J connectivity index is 2.21. The molecule has 0 N–H and O–H groups in total. The molecule has 0 aliphatic heterocycles. The largest absolute Gasteiger partial charge is 0.371 e. The fourth-order valence-corrected chi connectivity index (χ4v) is 3.70. The van der Waals surface area contributed by atoms with Crippen molar-refractivity contribution in [2.75, 3.05) is 7.11 Å². The Bertz CT molecular complexity index is 379. The maximum Gasteiger partial charge on any atom is 0.125 e. The molecule has 0 bridgehead atoms. The van der Waals surface area contributed by atoms with E-state index in [9.17, 15) is 0 Å². The zero-order valence-electron chi connectivity index (χ0n) is 10.8. The smallest absolute Gasteiger partial charge is 0.125 e. The van der Waals surface area contributed by atoms with Gasteiger partial charge in [-0.2, -0.15) is 0 Å². The molecule has 1 aromatic heterocycles. The highest BCUT2D eigenvalue weighted by Crippen LogP contribution is 2.47. The number of alkyl halides is 1. The van der Waals surface area contributed by atoms with Gasteiger partial charge in [0.15, 0.2) is 0 Å². The average molecular weight is 274 g/mol. The summed E-state index contributed by atoms with van der Waals surface area (Å²) < 4.78 is 5.82. The zero-order chi connectivity index (χ0) is 12.5. The van der Waals surface area contributed by atoms with Crippen molar-refractivity contribution in [3.63, 3.8) is 0 Å². The first kappa shape index (κ1) is 13.3. The van der Waals surface area contributed by atoms with Gasteiger partial charge in [-0.3, -0.25) is 0 Å². The van der Waals surface area contributed by atoms with Crippen LogP contribution in [0.25, 0.3) is 0 Å². The molecule has 4 heteroatoms. The van der Waals surface area contributed by atoms with E-state index in [0.29, 0.717) is 11.3 Å². The molecule has 1 fully saturated rings. The van der Waals surface area contributed by atoms with Crippen molar-refractivity contribution < 1.29 is 4.74 Å². The van der Waals surface area contributed by atoms with Crippen LogP contribution in [0.15, 0.2) is 5.38 Å². The van der Waals surface area contributed by atoms with Gasteiger partial charge in [0.05, 0.1) is 11.6 Å². The van der Waals surface area contributed by atoms with Gasteiger partial charge in [-0.15, -0.1) is 22.9 Å². The van der Waals surface area contributed by atoms with Crippen molar-refractivity contribution in [2.24, 2.45) is 5.41 Å². The summed E-state index contributed by atoms with van der Waals surface area (Å²) in [5, 5.41) is 3.15. The molecule has 17 heavy (non-hydrogen) atoms. The van der Waals surface area contributed by atoms with Gasteiger partial charge < -0.3 is 4.74 Å². The molecule has 1 saturated carbocycles. The van der Waals surface area contributed by atoms with Crippen LogP contribution in [-0.2, 0) is 16.2 Å². The van der Waals surface area contributed by atoms with Crippen LogP contribution in [0.3, 0.4) is 0 Å². The average Bonchev–Trinajstić information content (AvgIpc) is 2.79. The van der Waals surface area contributed by atoms with E-state index in [0.717, 1.165) is 23.5 Å². The van der Waals surface area contributed by atoms with E-state index in [2.05, 4.69) is 18.8 Å². The Hall–Kier alpha value is -0.120. The van der Waals surface area contributed by atoms with E-state index in [1.165, 1.54) is 12.8 Å². The molecule has 0 unspecified atom stereocenters. The van der Waals surface area contributed by atoms with E-state index < -0.39 is 0 Å². The molecule has 2 rings (SSSR count). The Morgan fingerprint density at radius 2 is 2.00 bits per heavy atom. The number of aromatic nitrogens is 1. The summed E-state index contributed by atoms with van der Waals surface area (Å²) in [5.41, 5.74) is 1.24. The van der Waals surface area contributed by atoms with Crippen LogP contribution in [0.1, 0.15) is 50.2 Å². The third-order valence-corrected chi connectivity index (χ3v) is 5.23. The van der Waals surface area contributed by atoms with Crippen LogP contribution in [0.5, 0.6) is 0 Å². The van der Waals surface area contributed by atoms with E-state index in [1.807, 2.05) is 5.38 Å². The molecule has 1 aromatic rings. The summed E-state index contributed by atoms with van der Waals surface area (Å²) in [6, 6.07) is 0. The molecule has 1 heterocycles. The second-order valence-corrected chi connectivity index (χ2v) is 6.77. The maximum atomic E-state index is 5.82. The number of halogens is 1. The minimum absolute atomic E-state index is 0.162. The van der Waals surface area contributed by atoms with Crippen LogP contribution in [0, 0.1) is 5.41 Å². The molecule has 0 amide bonds. The van der Waals surface area contributed by atoms with Gasteiger partial charge >= 0.3 is 0 Å². The van der Waals surface area contributed by atoms with Gasteiger partial charge in [-0.25, -0.2) is 4.98 Å². The number of nitrogens with zero attached hydrogens (tertiary/aromatic N) is 1. The minimum atomic E-state index is -0.162. The second-order valence-electron chi connectivity index (χ2n) is 5.64. The lowest BCUT2D eigenvalue weighted by atomic mass is 9.71. The predicted octanol–water partition coefficient (Wildman–Crippen LogP) is 4.32. The molecule has 0 aromatic carbocycles. The van der Waals surface area contributed by atoms with E-state index in [1.54, 1.807) is 18.4 Å². The normalized spacial score (nSPS) is 22.6. The molecule has 1 aliphatic rings. The van der Waals surface area contributed by atoms with Crippen molar-refractivity contribution >= 4 is 22.9 Å². The van der Waals surface area contributed by atoms with Crippen LogP contribution in [0.4, 0.5) is 0 Å². The van der Waals surface area contributed by atoms with Crippen molar-refractivity contribution in [3.8, 4) is 0 Å². The minimum Gasteiger partial charge on any atom is -0.371 e. The topological polar surface area (TPSA) is 22.1 Å². The van der Waals surface area contributed by atoms with Crippen LogP contribution in [-0.4, -0.2) is 12.1 Å². The summed E-state index contributed by atoms with van der Waals surface area (Å²) >= 11 is 7.50. The number of thiazole rings is 1. The van der Waals surface area contributed by atoms with Gasteiger partial charge in [0, 0.05) is 12.5 Å². The lowest BCUT2D eigenvalue weighted by Gasteiger charge is -2.41. The molecule has 96 valence electrons. The predicted molar refractivity (Wildman–Crippen MR) is 72.6 cm³/mol. The number of methoxy groups -OCH3 is 1. The zero-order valence-corrected chi connectivity index (χ0v) is 12.3. The molecule has 0 radical (unpaired) electrons. The third kappa shape index (κ3) is 2.67. The van der Waals surface area contributed by atoms with Gasteiger partial charge in [0.1, 0.15) is 10.6 Å². The number of hydrogen-bond donors (Lipinski definition) is 0. The highest BCUT2D eigenvalue weighted by molar-refractivity contribution is 7.09. The summed E-state index contributed by atoms with van der Waals surface area (Å²) in [7, 11) is 1.81. The number of hydrogen-bond acceptors (Lipinski definition) is 3. The van der Waals surface area contributed by atoms with Gasteiger partial charge in [0.2, 0.25) is 0 Å². The van der Waals surface area contributed by atoms with E-state index >= 15 is 0 Å². The second kappa shape index (κ2) is 4.87. The van der Waals surface area contributed by atoms with Crippen molar-refractivity contribution in [2.45, 2.75) is 51.0 Å². The van der Waals surface area contributed by atoms with Gasteiger partial charge in [-0.05, 0) is 31.1 Å². The highest BCUT2D eigenvalue weighted by atomic mass is 35.5. The molecular weight excluding hydrogens is 254 g/mol. The Morgan fingerprint density at radius 1 is 1.35 bits per heavy atom. The molecule has 0 saturated heterocycles. The van der Waals surface area contributed by atoms with Gasteiger partial charge in [-0.1, -0.05) is 13.8 Å². The van der Waals surface area contributed by atoms with Crippen molar-refractivity contribution in [3.05, 3.63) is 16.1 Å². The van der Waals surface area contributed by atoms with Crippen LogP contribution >= 0.6 is 22.9 Å². The highest BCUT2D eigenvalue weighted by Gasteiger charge is 2.41. The number of ether oxygens (including phenoxy) is 1. The van der Waals surface area contributed by atoms with Crippen LogP contribution < -0.4 is 0 Å². The summed E-state index contributed by atoms with van der Waals surface area (Å²) in [6.07, 6.45) is 4.50. The molecule has 0 atom stereocenters. The van der Waals surface area contributed by atoms with E-state index in [-0.39, 0.29) is 5.60 Å². The Kier molecular flexibility index (Phi) is 3.81. The maximum absolute atomic E-state index is 5.82. The Morgan fingerprint density at radius 3 is 2.47 bits per heavy atom. The number of rotatable bonds is 3. The lowest BCUT2D eigenvalue weighted by Crippen LogP contribution is -2.36. The third-order valence-electron chi connectivity index (χ3n) is 3.88. The van der Waals surface area contributed by atoms with Crippen LogP contribution in [0.2, 0.25) is 0 Å². The fourth-order valence-electron chi connectivity index (χ4n) is 2.41. The van der Waals surface area contributed by atoms with E-state index in [4.69, 9.17) is 16.3 Å². The molecule has 2 nitrogen and oxygen atoms in total. The van der Waals surface area contributed by atoms with Crippen molar-refractivity contribution in [1.82, 2.24) is 4.98 Å². The quantitative estimate of drug-likeness (QED) is 0.765. The first-order valence-electron chi connectivity index (χ1n) is 6.07. The first-order valence-corrected chi connectivity index (χ1v) is 7.49.